The van der Waals surface area contributed by atoms with Gasteiger partial charge in [-0.2, -0.15) is 4.98 Å². The molecule has 5 rings (SSSR count). The Bertz CT molecular complexity index is 1250. The van der Waals surface area contributed by atoms with E-state index in [0.717, 1.165) is 75.7 Å². The number of rotatable bonds is 11. The quantitative estimate of drug-likeness (QED) is 0.340. The van der Waals surface area contributed by atoms with Crippen molar-refractivity contribution >= 4 is 11.9 Å². The molecule has 1 N–H and O–H groups in total. The molecule has 1 aromatic carbocycles. The number of anilines is 1. The lowest BCUT2D eigenvalue weighted by Crippen LogP contribution is -2.34. The van der Waals surface area contributed by atoms with Crippen molar-refractivity contribution in [3.8, 4) is 17.1 Å². The van der Waals surface area contributed by atoms with E-state index < -0.39 is 23.1 Å². The van der Waals surface area contributed by atoms with E-state index in [1.807, 2.05) is 0 Å². The summed E-state index contributed by atoms with van der Waals surface area (Å²) in [5.41, 5.74) is 0.175. The molecule has 1 aliphatic carbocycles. The van der Waals surface area contributed by atoms with E-state index in [4.69, 9.17) is 9.26 Å². The fraction of sp³-hybridized carbons (Fsp3) is 0.536. The molecule has 2 aliphatic rings. The van der Waals surface area contributed by atoms with Crippen molar-refractivity contribution in [2.24, 2.45) is 11.8 Å². The number of halogens is 2. The minimum Gasteiger partial charge on any atom is -0.493 e. The molecule has 0 radical (unpaired) electrons. The van der Waals surface area contributed by atoms with Gasteiger partial charge in [0.05, 0.1) is 12.2 Å². The minimum absolute atomic E-state index is 0.0259. The highest BCUT2D eigenvalue weighted by Crippen LogP contribution is 2.27. The van der Waals surface area contributed by atoms with Crippen molar-refractivity contribution in [3.05, 3.63) is 47.6 Å². The normalized spacial score (nSPS) is 16.1. The Morgan fingerprint density at radius 3 is 2.46 bits per heavy atom. The molecule has 0 unspecified atom stereocenters. The standard InChI is InChI=1S/C28H34F2N6O3/c1-17(2)12-24-34-26(35-39-24)19-15-31-28(32-16-19)36-9-7-18(8-10-36)4-3-11-38-21-13-22(29)25(23(30)14-21)27(37)33-20-5-6-20/h13-18,20H,3-12H2,1-2H3,(H,33,37). The van der Waals surface area contributed by atoms with Gasteiger partial charge < -0.3 is 19.5 Å². The number of nitrogens with one attached hydrogen (secondary N) is 1. The molecule has 39 heavy (non-hydrogen) atoms. The minimum atomic E-state index is -0.904. The summed E-state index contributed by atoms with van der Waals surface area (Å²) < 4.78 is 39.6. The Morgan fingerprint density at radius 1 is 1.13 bits per heavy atom. The molecular weight excluding hydrogens is 506 g/mol. The lowest BCUT2D eigenvalue weighted by atomic mass is 9.92. The maximum Gasteiger partial charge on any atom is 0.257 e. The Hall–Kier alpha value is -3.63. The third-order valence-electron chi connectivity index (χ3n) is 7.03. The largest absolute Gasteiger partial charge is 0.493 e. The topological polar surface area (TPSA) is 106 Å². The molecule has 0 atom stereocenters. The van der Waals surface area contributed by atoms with Crippen LogP contribution in [0.25, 0.3) is 11.4 Å². The second kappa shape index (κ2) is 12.0. The number of hydrogen-bond acceptors (Lipinski definition) is 8. The van der Waals surface area contributed by atoms with E-state index in [1.165, 1.54) is 0 Å². The van der Waals surface area contributed by atoms with E-state index in [-0.39, 0.29) is 11.8 Å². The molecule has 2 fully saturated rings. The van der Waals surface area contributed by atoms with Crippen molar-refractivity contribution in [3.63, 3.8) is 0 Å². The van der Waals surface area contributed by atoms with Gasteiger partial charge in [-0.3, -0.25) is 4.79 Å². The highest BCUT2D eigenvalue weighted by molar-refractivity contribution is 5.95. The summed E-state index contributed by atoms with van der Waals surface area (Å²) in [5, 5.41) is 6.64. The highest BCUT2D eigenvalue weighted by Gasteiger charge is 2.27. The van der Waals surface area contributed by atoms with Gasteiger partial charge in [-0.25, -0.2) is 18.7 Å². The van der Waals surface area contributed by atoms with Crippen LogP contribution >= 0.6 is 0 Å². The molecule has 9 nitrogen and oxygen atoms in total. The van der Waals surface area contributed by atoms with Crippen molar-refractivity contribution < 1.29 is 22.8 Å². The van der Waals surface area contributed by atoms with E-state index in [2.05, 4.69) is 44.2 Å². The van der Waals surface area contributed by atoms with Crippen LogP contribution in [0.4, 0.5) is 14.7 Å². The van der Waals surface area contributed by atoms with Gasteiger partial charge in [0.15, 0.2) is 0 Å². The SMILES string of the molecule is CC(C)Cc1nc(-c2cnc(N3CCC(CCCOc4cc(F)c(C(=O)NC5CC5)c(F)c4)CC3)nc2)no1. The van der Waals surface area contributed by atoms with E-state index >= 15 is 0 Å². The average Bonchev–Trinajstić information content (AvgIpc) is 3.60. The molecule has 208 valence electrons. The number of ether oxygens (including phenoxy) is 1. The van der Waals surface area contributed by atoms with Gasteiger partial charge in [-0.05, 0) is 50.4 Å². The number of nitrogens with zero attached hydrogens (tertiary/aromatic N) is 5. The van der Waals surface area contributed by atoms with E-state index in [9.17, 15) is 13.6 Å². The molecule has 3 aromatic rings. The second-order valence-electron chi connectivity index (χ2n) is 10.8. The Kier molecular flexibility index (Phi) is 8.33. The lowest BCUT2D eigenvalue weighted by molar-refractivity contribution is 0.0942. The predicted octanol–water partition coefficient (Wildman–Crippen LogP) is 4.97. The van der Waals surface area contributed by atoms with E-state index in [0.29, 0.717) is 36.1 Å². The Morgan fingerprint density at radius 2 is 1.82 bits per heavy atom. The van der Waals surface area contributed by atoms with Crippen LogP contribution in [0.5, 0.6) is 5.75 Å². The van der Waals surface area contributed by atoms with Gasteiger partial charge in [0.25, 0.3) is 5.91 Å². The summed E-state index contributed by atoms with van der Waals surface area (Å²) in [6.07, 6.45) is 9.61. The van der Waals surface area contributed by atoms with Crippen LogP contribution in [0.1, 0.15) is 68.6 Å². The summed E-state index contributed by atoms with van der Waals surface area (Å²) >= 11 is 0. The predicted molar refractivity (Wildman–Crippen MR) is 140 cm³/mol. The zero-order valence-corrected chi connectivity index (χ0v) is 22.3. The van der Waals surface area contributed by atoms with Crippen LogP contribution in [-0.2, 0) is 6.42 Å². The molecule has 2 aromatic heterocycles. The van der Waals surface area contributed by atoms with Crippen LogP contribution in [0.2, 0.25) is 0 Å². The van der Waals surface area contributed by atoms with Crippen LogP contribution < -0.4 is 15.0 Å². The summed E-state index contributed by atoms with van der Waals surface area (Å²) in [6.45, 7) is 6.26. The first-order valence-corrected chi connectivity index (χ1v) is 13.7. The summed E-state index contributed by atoms with van der Waals surface area (Å²) in [6, 6.07) is 2.19. The van der Waals surface area contributed by atoms with Crippen molar-refractivity contribution in [2.45, 2.75) is 64.8 Å². The van der Waals surface area contributed by atoms with Crippen LogP contribution in [-0.4, -0.2) is 51.8 Å². The van der Waals surface area contributed by atoms with Gasteiger partial charge in [0.2, 0.25) is 17.7 Å². The number of carbonyl (C=O) groups excluding carboxylic acids is 1. The van der Waals surface area contributed by atoms with Gasteiger partial charge in [0.1, 0.15) is 22.9 Å². The monoisotopic (exact) mass is 540 g/mol. The molecule has 1 saturated carbocycles. The zero-order chi connectivity index (χ0) is 27.4. The fourth-order valence-electron chi connectivity index (χ4n) is 4.72. The second-order valence-corrected chi connectivity index (χ2v) is 10.8. The first kappa shape index (κ1) is 27.0. The molecular formula is C28H34F2N6O3. The molecule has 3 heterocycles. The number of piperidine rings is 1. The van der Waals surface area contributed by atoms with Crippen molar-refractivity contribution in [2.75, 3.05) is 24.6 Å². The first-order chi connectivity index (χ1) is 18.9. The van der Waals surface area contributed by atoms with Crippen molar-refractivity contribution in [1.82, 2.24) is 25.4 Å². The van der Waals surface area contributed by atoms with Crippen LogP contribution in [0.3, 0.4) is 0 Å². The van der Waals surface area contributed by atoms with Crippen LogP contribution in [0, 0.1) is 23.5 Å². The summed E-state index contributed by atoms with van der Waals surface area (Å²) in [5.74, 6) is 0.341. The van der Waals surface area contributed by atoms with Gasteiger partial charge in [-0.1, -0.05) is 19.0 Å². The van der Waals surface area contributed by atoms with Gasteiger partial charge in [0, 0.05) is 50.1 Å². The van der Waals surface area contributed by atoms with Gasteiger partial charge >= 0.3 is 0 Å². The molecule has 1 amide bonds. The maximum atomic E-state index is 14.4. The molecule has 0 bridgehead atoms. The Balaban J connectivity index is 1.04. The number of hydrogen-bond donors (Lipinski definition) is 1. The number of aromatic nitrogens is 4. The molecule has 1 saturated heterocycles. The van der Waals surface area contributed by atoms with Crippen LogP contribution in [0.15, 0.2) is 29.0 Å². The highest BCUT2D eigenvalue weighted by atomic mass is 19.1. The number of amides is 1. The third kappa shape index (κ3) is 7.07. The molecule has 1 aliphatic heterocycles. The first-order valence-electron chi connectivity index (χ1n) is 13.7. The average molecular weight is 541 g/mol. The molecule has 11 heteroatoms. The number of carbonyl (C=O) groups is 1. The maximum absolute atomic E-state index is 14.4. The zero-order valence-electron chi connectivity index (χ0n) is 22.3. The smallest absolute Gasteiger partial charge is 0.257 e. The van der Waals surface area contributed by atoms with E-state index in [1.54, 1.807) is 12.4 Å². The third-order valence-corrected chi connectivity index (χ3v) is 7.03. The summed E-state index contributed by atoms with van der Waals surface area (Å²) in [7, 11) is 0. The van der Waals surface area contributed by atoms with Crippen molar-refractivity contribution in [1.29, 1.82) is 0 Å². The lowest BCUT2D eigenvalue weighted by Gasteiger charge is -2.32. The number of benzene rings is 1. The Labute approximate surface area is 226 Å². The fourth-order valence-corrected chi connectivity index (χ4v) is 4.72. The van der Waals surface area contributed by atoms with Gasteiger partial charge in [-0.15, -0.1) is 0 Å². The molecule has 0 spiro atoms. The summed E-state index contributed by atoms with van der Waals surface area (Å²) in [4.78, 5) is 27.7.